The van der Waals surface area contributed by atoms with Gasteiger partial charge in [-0.2, -0.15) is 0 Å². The van der Waals surface area contributed by atoms with Gasteiger partial charge in [0.1, 0.15) is 5.52 Å². The van der Waals surface area contributed by atoms with Gasteiger partial charge in [0.05, 0.1) is 5.56 Å². The van der Waals surface area contributed by atoms with Gasteiger partial charge in [0.15, 0.2) is 11.6 Å². The third-order valence-corrected chi connectivity index (χ3v) is 2.82. The quantitative estimate of drug-likeness (QED) is 0.862. The molecule has 0 unspecified atom stereocenters. The minimum atomic E-state index is -0.990. The lowest BCUT2D eigenvalue weighted by Gasteiger charge is -2.05. The zero-order valence-electron chi connectivity index (χ0n) is 10.5. The van der Waals surface area contributed by atoms with E-state index in [-0.39, 0.29) is 11.4 Å². The van der Waals surface area contributed by atoms with E-state index in [0.29, 0.717) is 17.5 Å². The molecule has 1 aromatic heterocycles. The molecule has 3 nitrogen and oxygen atoms in total. The Morgan fingerprint density at radius 1 is 1.37 bits per heavy atom. The maximum Gasteiger partial charge on any atom is 0.252 e. The highest BCUT2D eigenvalue weighted by Crippen LogP contribution is 2.19. The first-order valence-electron chi connectivity index (χ1n) is 6.15. The molecule has 0 saturated carbocycles. The number of amides is 1. The number of fused-ring (bicyclic) bond motifs is 1. The number of pyridine rings is 1. The van der Waals surface area contributed by atoms with Gasteiger partial charge in [0, 0.05) is 18.1 Å². The van der Waals surface area contributed by atoms with Crippen LogP contribution in [0.15, 0.2) is 24.4 Å². The molecule has 5 heteroatoms. The van der Waals surface area contributed by atoms with Crippen molar-refractivity contribution in [2.45, 2.75) is 19.8 Å². The van der Waals surface area contributed by atoms with Gasteiger partial charge < -0.3 is 5.32 Å². The molecule has 0 radical (unpaired) electrons. The molecule has 19 heavy (non-hydrogen) atoms. The van der Waals surface area contributed by atoms with Crippen molar-refractivity contribution in [3.05, 3.63) is 41.6 Å². The summed E-state index contributed by atoms with van der Waals surface area (Å²) in [5.41, 5.74) is 0.278. The van der Waals surface area contributed by atoms with Crippen LogP contribution in [0, 0.1) is 11.6 Å². The van der Waals surface area contributed by atoms with Crippen molar-refractivity contribution in [3.8, 4) is 0 Å². The first-order valence-corrected chi connectivity index (χ1v) is 6.15. The number of nitrogens with one attached hydrogen (secondary N) is 1. The van der Waals surface area contributed by atoms with Gasteiger partial charge in [0.2, 0.25) is 0 Å². The Kier molecular flexibility index (Phi) is 4.04. The number of carbonyl (C=O) groups excluding carboxylic acids is 1. The Morgan fingerprint density at radius 3 is 2.89 bits per heavy atom. The molecule has 0 aliphatic heterocycles. The molecule has 1 N–H and O–H groups in total. The van der Waals surface area contributed by atoms with Gasteiger partial charge in [-0.05, 0) is 24.6 Å². The van der Waals surface area contributed by atoms with Gasteiger partial charge in [-0.25, -0.2) is 8.78 Å². The van der Waals surface area contributed by atoms with E-state index < -0.39 is 11.6 Å². The summed E-state index contributed by atoms with van der Waals surface area (Å²) < 4.78 is 26.5. The number of benzene rings is 1. The standard InChI is InChI=1S/C14H14F2N2O/c1-2-3-6-17-14(19)10-7-9-4-5-11(15)12(16)13(9)18-8-10/h4-5,7-8H,2-3,6H2,1H3,(H,17,19). The van der Waals surface area contributed by atoms with Crippen LogP contribution in [0.3, 0.4) is 0 Å². The molecule has 2 aromatic rings. The molecule has 0 aliphatic carbocycles. The van der Waals surface area contributed by atoms with E-state index in [1.165, 1.54) is 18.3 Å². The topological polar surface area (TPSA) is 42.0 Å². The number of carbonyl (C=O) groups is 1. The largest absolute Gasteiger partial charge is 0.352 e. The molecule has 1 aromatic carbocycles. The zero-order valence-corrected chi connectivity index (χ0v) is 10.5. The summed E-state index contributed by atoms with van der Waals surface area (Å²) in [7, 11) is 0. The molecule has 1 heterocycles. The summed E-state index contributed by atoms with van der Waals surface area (Å²) in [4.78, 5) is 15.6. The molecule has 0 bridgehead atoms. The Balaban J connectivity index is 2.27. The van der Waals surface area contributed by atoms with Crippen molar-refractivity contribution < 1.29 is 13.6 Å². The third kappa shape index (κ3) is 2.86. The van der Waals surface area contributed by atoms with Crippen LogP contribution in [-0.2, 0) is 0 Å². The second kappa shape index (κ2) is 5.73. The van der Waals surface area contributed by atoms with Crippen molar-refractivity contribution in [2.24, 2.45) is 0 Å². The van der Waals surface area contributed by atoms with Crippen molar-refractivity contribution >= 4 is 16.8 Å². The fourth-order valence-corrected chi connectivity index (χ4v) is 1.75. The zero-order chi connectivity index (χ0) is 13.8. The number of aromatic nitrogens is 1. The van der Waals surface area contributed by atoms with Gasteiger partial charge in [-0.1, -0.05) is 13.3 Å². The average Bonchev–Trinajstić information content (AvgIpc) is 2.43. The van der Waals surface area contributed by atoms with Gasteiger partial charge in [-0.3, -0.25) is 9.78 Å². The second-order valence-corrected chi connectivity index (χ2v) is 4.27. The SMILES string of the molecule is CCCCNC(=O)c1cnc2c(F)c(F)ccc2c1. The normalized spacial score (nSPS) is 10.7. The van der Waals surface area contributed by atoms with Gasteiger partial charge in [0.25, 0.3) is 5.91 Å². The fourth-order valence-electron chi connectivity index (χ4n) is 1.75. The maximum absolute atomic E-state index is 13.4. The molecule has 1 amide bonds. The summed E-state index contributed by atoms with van der Waals surface area (Å²) in [6.45, 7) is 2.62. The molecule has 0 spiro atoms. The minimum Gasteiger partial charge on any atom is -0.352 e. The fraction of sp³-hybridized carbons (Fsp3) is 0.286. The molecule has 100 valence electrons. The van der Waals surface area contributed by atoms with Crippen LogP contribution in [-0.4, -0.2) is 17.4 Å². The first-order chi connectivity index (χ1) is 9.13. The van der Waals surface area contributed by atoms with E-state index in [1.54, 1.807) is 0 Å². The second-order valence-electron chi connectivity index (χ2n) is 4.27. The van der Waals surface area contributed by atoms with Crippen LogP contribution in [0.5, 0.6) is 0 Å². The highest BCUT2D eigenvalue weighted by Gasteiger charge is 2.11. The van der Waals surface area contributed by atoms with E-state index >= 15 is 0 Å². The lowest BCUT2D eigenvalue weighted by molar-refractivity contribution is 0.0953. The molecule has 2 rings (SSSR count). The summed E-state index contributed by atoms with van der Waals surface area (Å²) in [5.74, 6) is -2.19. The predicted octanol–water partition coefficient (Wildman–Crippen LogP) is 3.04. The van der Waals surface area contributed by atoms with Crippen LogP contribution < -0.4 is 5.32 Å². The first kappa shape index (κ1) is 13.4. The Labute approximate surface area is 109 Å². The van der Waals surface area contributed by atoms with Gasteiger partial charge >= 0.3 is 0 Å². The summed E-state index contributed by atoms with van der Waals surface area (Å²) in [6, 6.07) is 3.94. The van der Waals surface area contributed by atoms with Crippen LogP contribution in [0.25, 0.3) is 10.9 Å². The molecular formula is C14H14F2N2O. The van der Waals surface area contributed by atoms with Crippen molar-refractivity contribution in [3.63, 3.8) is 0 Å². The number of rotatable bonds is 4. The lowest BCUT2D eigenvalue weighted by Crippen LogP contribution is -2.24. The lowest BCUT2D eigenvalue weighted by atomic mass is 10.1. The van der Waals surface area contributed by atoms with Crippen molar-refractivity contribution in [1.29, 1.82) is 0 Å². The summed E-state index contributed by atoms with van der Waals surface area (Å²) in [6.07, 6.45) is 3.14. The number of hydrogen-bond donors (Lipinski definition) is 1. The predicted molar refractivity (Wildman–Crippen MR) is 68.9 cm³/mol. The van der Waals surface area contributed by atoms with Crippen molar-refractivity contribution in [1.82, 2.24) is 10.3 Å². The van der Waals surface area contributed by atoms with Gasteiger partial charge in [-0.15, -0.1) is 0 Å². The van der Waals surface area contributed by atoms with E-state index in [9.17, 15) is 13.6 Å². The summed E-state index contributed by atoms with van der Waals surface area (Å²) in [5, 5.41) is 3.15. The Bertz CT molecular complexity index is 614. The molecule has 0 fully saturated rings. The third-order valence-electron chi connectivity index (χ3n) is 2.82. The highest BCUT2D eigenvalue weighted by atomic mass is 19.2. The number of halogens is 2. The average molecular weight is 264 g/mol. The van der Waals surface area contributed by atoms with Crippen LogP contribution in [0.2, 0.25) is 0 Å². The Hall–Kier alpha value is -2.04. The number of hydrogen-bond acceptors (Lipinski definition) is 2. The molecule has 0 saturated heterocycles. The maximum atomic E-state index is 13.4. The van der Waals surface area contributed by atoms with E-state index in [4.69, 9.17) is 0 Å². The van der Waals surface area contributed by atoms with Crippen LogP contribution >= 0.6 is 0 Å². The van der Waals surface area contributed by atoms with Crippen LogP contribution in [0.1, 0.15) is 30.1 Å². The van der Waals surface area contributed by atoms with E-state index in [0.717, 1.165) is 18.9 Å². The van der Waals surface area contributed by atoms with E-state index in [1.807, 2.05) is 6.92 Å². The van der Waals surface area contributed by atoms with E-state index in [2.05, 4.69) is 10.3 Å². The Morgan fingerprint density at radius 2 is 2.16 bits per heavy atom. The summed E-state index contributed by atoms with van der Waals surface area (Å²) >= 11 is 0. The number of unbranched alkanes of at least 4 members (excludes halogenated alkanes) is 1. The molecule has 0 atom stereocenters. The molecular weight excluding hydrogens is 250 g/mol. The minimum absolute atomic E-state index is 0.0647. The monoisotopic (exact) mass is 264 g/mol. The smallest absolute Gasteiger partial charge is 0.252 e. The van der Waals surface area contributed by atoms with Crippen molar-refractivity contribution in [2.75, 3.05) is 6.54 Å². The number of nitrogens with zero attached hydrogens (tertiary/aromatic N) is 1. The molecule has 0 aliphatic rings. The highest BCUT2D eigenvalue weighted by molar-refractivity contribution is 5.97. The van der Waals surface area contributed by atoms with Crippen LogP contribution in [0.4, 0.5) is 8.78 Å².